The van der Waals surface area contributed by atoms with Gasteiger partial charge in [0.05, 0.1) is 5.69 Å². The van der Waals surface area contributed by atoms with Crippen LogP contribution in [-0.4, -0.2) is 22.8 Å². The molecule has 2 aromatic rings. The fraction of sp³-hybridized carbons (Fsp3) is 0.0625. The molecule has 0 aromatic heterocycles. The zero-order valence-electron chi connectivity index (χ0n) is 11.1. The van der Waals surface area contributed by atoms with Crippen LogP contribution in [0.2, 0.25) is 0 Å². The highest BCUT2D eigenvalue weighted by atomic mass is 16.4. The van der Waals surface area contributed by atoms with Crippen LogP contribution in [0, 0.1) is 0 Å². The first-order valence-corrected chi connectivity index (χ1v) is 6.28. The van der Waals surface area contributed by atoms with Crippen LogP contribution in [0.15, 0.2) is 54.6 Å². The molecule has 0 bridgehead atoms. The number of para-hydroxylation sites is 1. The molecule has 0 spiro atoms. The van der Waals surface area contributed by atoms with E-state index >= 15 is 0 Å². The molecule has 0 saturated carbocycles. The van der Waals surface area contributed by atoms with Crippen LogP contribution in [0.1, 0.15) is 22.3 Å². The third-order valence-corrected chi connectivity index (χ3v) is 2.79. The first kappa shape index (κ1) is 14.5. The van der Waals surface area contributed by atoms with Crippen LogP contribution < -0.4 is 5.32 Å². The topological polar surface area (TPSA) is 83.5 Å². The lowest BCUT2D eigenvalue weighted by Crippen LogP contribution is -2.18. The van der Waals surface area contributed by atoms with Crippen LogP contribution in [-0.2, 0) is 9.59 Å². The summed E-state index contributed by atoms with van der Waals surface area (Å²) in [6.45, 7) is 0. The van der Waals surface area contributed by atoms with Crippen LogP contribution >= 0.6 is 0 Å². The number of anilines is 1. The van der Waals surface area contributed by atoms with Gasteiger partial charge in [0, 0.05) is 11.1 Å². The van der Waals surface area contributed by atoms with Crippen LogP contribution in [0.5, 0.6) is 0 Å². The average Bonchev–Trinajstić information content (AvgIpc) is 2.47. The Morgan fingerprint density at radius 1 is 0.905 bits per heavy atom. The van der Waals surface area contributed by atoms with E-state index in [1.54, 1.807) is 54.6 Å². The van der Waals surface area contributed by atoms with Gasteiger partial charge in [0.15, 0.2) is 5.78 Å². The Balaban J connectivity index is 2.27. The van der Waals surface area contributed by atoms with Crippen molar-refractivity contribution in [3.63, 3.8) is 0 Å². The van der Waals surface area contributed by atoms with E-state index in [4.69, 9.17) is 5.11 Å². The Hall–Kier alpha value is -2.95. The molecular formula is C16H13NO4. The molecule has 0 fully saturated rings. The highest BCUT2D eigenvalue weighted by Crippen LogP contribution is 2.19. The highest BCUT2D eigenvalue weighted by Gasteiger charge is 2.15. The Morgan fingerprint density at radius 2 is 1.52 bits per heavy atom. The summed E-state index contributed by atoms with van der Waals surface area (Å²) in [6.07, 6.45) is -0.645. The maximum absolute atomic E-state index is 12.4. The van der Waals surface area contributed by atoms with Gasteiger partial charge in [-0.2, -0.15) is 0 Å². The summed E-state index contributed by atoms with van der Waals surface area (Å²) in [5.74, 6) is -2.13. The Morgan fingerprint density at radius 3 is 2.19 bits per heavy atom. The predicted molar refractivity (Wildman–Crippen MR) is 77.2 cm³/mol. The fourth-order valence-electron chi connectivity index (χ4n) is 1.87. The number of carbonyl (C=O) groups is 3. The van der Waals surface area contributed by atoms with E-state index in [2.05, 4.69) is 5.32 Å². The van der Waals surface area contributed by atoms with Gasteiger partial charge in [-0.3, -0.25) is 14.4 Å². The van der Waals surface area contributed by atoms with Crippen molar-refractivity contribution >= 4 is 23.3 Å². The number of hydrogen-bond acceptors (Lipinski definition) is 3. The van der Waals surface area contributed by atoms with Gasteiger partial charge in [0.1, 0.15) is 6.42 Å². The number of carboxylic acids is 1. The second-order valence-corrected chi connectivity index (χ2v) is 4.36. The normalized spacial score (nSPS) is 9.90. The van der Waals surface area contributed by atoms with Crippen molar-refractivity contribution in [2.24, 2.45) is 0 Å². The lowest BCUT2D eigenvalue weighted by molar-refractivity contribution is -0.139. The fourth-order valence-corrected chi connectivity index (χ4v) is 1.87. The van der Waals surface area contributed by atoms with E-state index < -0.39 is 18.3 Å². The van der Waals surface area contributed by atoms with Gasteiger partial charge in [-0.05, 0) is 12.1 Å². The minimum absolute atomic E-state index is 0.234. The second-order valence-electron chi connectivity index (χ2n) is 4.36. The van der Waals surface area contributed by atoms with E-state index in [0.29, 0.717) is 16.8 Å². The molecule has 0 heterocycles. The summed E-state index contributed by atoms with van der Waals surface area (Å²) >= 11 is 0. The monoisotopic (exact) mass is 283 g/mol. The van der Waals surface area contributed by atoms with Crippen LogP contribution in [0.3, 0.4) is 0 Å². The Kier molecular flexibility index (Phi) is 4.46. The van der Waals surface area contributed by atoms with Crippen molar-refractivity contribution in [1.29, 1.82) is 0 Å². The number of ketones is 1. The molecule has 5 heteroatoms. The van der Waals surface area contributed by atoms with Crippen LogP contribution in [0.4, 0.5) is 5.69 Å². The molecule has 0 atom stereocenters. The van der Waals surface area contributed by atoms with Crippen molar-refractivity contribution in [2.75, 3.05) is 5.32 Å². The van der Waals surface area contributed by atoms with E-state index in [1.807, 2.05) is 0 Å². The van der Waals surface area contributed by atoms with Gasteiger partial charge in [0.25, 0.3) is 0 Å². The van der Waals surface area contributed by atoms with Gasteiger partial charge >= 0.3 is 5.97 Å². The van der Waals surface area contributed by atoms with E-state index in [9.17, 15) is 14.4 Å². The highest BCUT2D eigenvalue weighted by molar-refractivity contribution is 6.14. The Bertz CT molecular complexity index is 680. The lowest BCUT2D eigenvalue weighted by atomic mass is 10.0. The van der Waals surface area contributed by atoms with Crippen LogP contribution in [0.25, 0.3) is 0 Å². The average molecular weight is 283 g/mol. The number of benzene rings is 2. The molecule has 0 radical (unpaired) electrons. The molecule has 0 saturated heterocycles. The molecule has 0 unspecified atom stereocenters. The number of aliphatic carboxylic acids is 1. The van der Waals surface area contributed by atoms with Crippen molar-refractivity contribution in [2.45, 2.75) is 6.42 Å². The number of amides is 1. The minimum atomic E-state index is -1.22. The quantitative estimate of drug-likeness (QED) is 0.651. The first-order valence-electron chi connectivity index (χ1n) is 6.28. The van der Waals surface area contributed by atoms with Gasteiger partial charge in [-0.15, -0.1) is 0 Å². The molecule has 0 aliphatic rings. The summed E-state index contributed by atoms with van der Waals surface area (Å²) in [5, 5.41) is 11.0. The molecule has 2 N–H and O–H groups in total. The second kappa shape index (κ2) is 6.47. The zero-order valence-corrected chi connectivity index (χ0v) is 11.1. The van der Waals surface area contributed by atoms with Crippen molar-refractivity contribution in [1.82, 2.24) is 0 Å². The molecular weight excluding hydrogens is 270 g/mol. The zero-order chi connectivity index (χ0) is 15.2. The summed E-state index contributed by atoms with van der Waals surface area (Å²) in [4.78, 5) is 34.4. The van der Waals surface area contributed by atoms with E-state index in [-0.39, 0.29) is 5.78 Å². The maximum atomic E-state index is 12.4. The number of hydrogen-bond donors (Lipinski definition) is 2. The minimum Gasteiger partial charge on any atom is -0.481 e. The Labute approximate surface area is 121 Å². The molecule has 0 aliphatic heterocycles. The summed E-state index contributed by atoms with van der Waals surface area (Å²) in [6, 6.07) is 15.2. The van der Waals surface area contributed by atoms with Crippen molar-refractivity contribution in [3.05, 3.63) is 65.7 Å². The first-order chi connectivity index (χ1) is 10.1. The van der Waals surface area contributed by atoms with Gasteiger partial charge in [-0.1, -0.05) is 42.5 Å². The van der Waals surface area contributed by atoms with Gasteiger partial charge in [-0.25, -0.2) is 0 Å². The summed E-state index contributed by atoms with van der Waals surface area (Å²) in [7, 11) is 0. The third kappa shape index (κ3) is 3.76. The smallest absolute Gasteiger partial charge is 0.312 e. The summed E-state index contributed by atoms with van der Waals surface area (Å²) < 4.78 is 0. The molecule has 1 amide bonds. The van der Waals surface area contributed by atoms with Gasteiger partial charge < -0.3 is 10.4 Å². The number of nitrogens with one attached hydrogen (secondary N) is 1. The van der Waals surface area contributed by atoms with Crippen molar-refractivity contribution < 1.29 is 19.5 Å². The predicted octanol–water partition coefficient (Wildman–Crippen LogP) is 2.33. The number of carboxylic acid groups (broad SMARTS) is 1. The number of rotatable bonds is 5. The molecule has 5 nitrogen and oxygen atoms in total. The van der Waals surface area contributed by atoms with E-state index in [1.165, 1.54) is 0 Å². The molecule has 0 aliphatic carbocycles. The molecule has 106 valence electrons. The third-order valence-electron chi connectivity index (χ3n) is 2.79. The lowest BCUT2D eigenvalue weighted by Gasteiger charge is -2.09. The number of carbonyl (C=O) groups excluding carboxylic acids is 2. The largest absolute Gasteiger partial charge is 0.481 e. The maximum Gasteiger partial charge on any atom is 0.312 e. The molecule has 2 rings (SSSR count). The summed E-state index contributed by atoms with van der Waals surface area (Å²) in [5.41, 5.74) is 1.12. The SMILES string of the molecule is O=C(O)CC(=O)Nc1ccccc1C(=O)c1ccccc1. The molecule has 21 heavy (non-hydrogen) atoms. The van der Waals surface area contributed by atoms with E-state index in [0.717, 1.165) is 0 Å². The van der Waals surface area contributed by atoms with Crippen molar-refractivity contribution in [3.8, 4) is 0 Å². The van der Waals surface area contributed by atoms with Gasteiger partial charge in [0.2, 0.25) is 5.91 Å². The molecule has 2 aromatic carbocycles. The standard InChI is InChI=1S/C16H13NO4/c18-14(10-15(19)20)17-13-9-5-4-8-12(13)16(21)11-6-2-1-3-7-11/h1-9H,10H2,(H,17,18)(H,19,20).